The van der Waals surface area contributed by atoms with Crippen LogP contribution in [0.25, 0.3) is 11.1 Å². The van der Waals surface area contributed by atoms with Crippen LogP contribution in [-0.2, 0) is 17.9 Å². The van der Waals surface area contributed by atoms with Crippen molar-refractivity contribution in [1.29, 1.82) is 5.26 Å². The Morgan fingerprint density at radius 1 is 1.13 bits per heavy atom. The van der Waals surface area contributed by atoms with Crippen molar-refractivity contribution >= 4 is 28.6 Å². The monoisotopic (exact) mass is 437 g/mol. The number of hydrogen-bond acceptors (Lipinski definition) is 6. The first-order valence-corrected chi connectivity index (χ1v) is 11.6. The third-order valence-electron chi connectivity index (χ3n) is 5.23. The van der Waals surface area contributed by atoms with Crippen molar-refractivity contribution in [3.63, 3.8) is 0 Å². The maximum Gasteiger partial charge on any atom is 0.219 e. The first-order valence-electron chi connectivity index (χ1n) is 9.88. The van der Waals surface area contributed by atoms with Crippen molar-refractivity contribution in [2.45, 2.75) is 20.1 Å². The quantitative estimate of drug-likeness (QED) is 0.566. The van der Waals surface area contributed by atoms with Crippen LogP contribution < -0.4 is 4.74 Å². The second-order valence-corrected chi connectivity index (χ2v) is 9.12. The van der Waals surface area contributed by atoms with Crippen molar-refractivity contribution in [2.75, 3.05) is 26.2 Å². The molecule has 4 rings (SSSR count). The standard InChI is InChI=1S/C23H23N3O2S2/c1-17(27)26-9-7-25(8-10-26)13-20-11-18(15-29-20)14-28-23-21(12-24)22(16-30-23)19-5-3-2-4-6-19/h2-6,11,15-16H,7-10,13-14H2,1H3. The lowest BCUT2D eigenvalue weighted by Gasteiger charge is -2.33. The van der Waals surface area contributed by atoms with Crippen molar-refractivity contribution in [3.05, 3.63) is 63.2 Å². The maximum absolute atomic E-state index is 11.5. The number of nitrogens with zero attached hydrogens (tertiary/aromatic N) is 3. The number of rotatable bonds is 6. The van der Waals surface area contributed by atoms with Crippen LogP contribution in [0.1, 0.15) is 22.9 Å². The number of ether oxygens (including phenoxy) is 1. The summed E-state index contributed by atoms with van der Waals surface area (Å²) >= 11 is 3.20. The molecule has 30 heavy (non-hydrogen) atoms. The molecule has 1 saturated heterocycles. The van der Waals surface area contributed by atoms with E-state index >= 15 is 0 Å². The third kappa shape index (κ3) is 4.73. The lowest BCUT2D eigenvalue weighted by Crippen LogP contribution is -2.47. The molecule has 1 aliphatic rings. The Labute approximate surface area is 184 Å². The Hall–Kier alpha value is -2.66. The van der Waals surface area contributed by atoms with E-state index in [1.807, 2.05) is 40.6 Å². The molecule has 0 atom stereocenters. The summed E-state index contributed by atoms with van der Waals surface area (Å²) in [7, 11) is 0. The zero-order valence-corrected chi connectivity index (χ0v) is 18.5. The summed E-state index contributed by atoms with van der Waals surface area (Å²) in [6.45, 7) is 6.41. The van der Waals surface area contributed by atoms with Crippen molar-refractivity contribution in [3.8, 4) is 22.3 Å². The number of carbonyl (C=O) groups is 1. The Morgan fingerprint density at radius 3 is 2.60 bits per heavy atom. The molecule has 0 radical (unpaired) electrons. The molecule has 3 heterocycles. The van der Waals surface area contributed by atoms with Gasteiger partial charge in [0.25, 0.3) is 0 Å². The number of piperazine rings is 1. The Kier molecular flexibility index (Phi) is 6.48. The molecule has 1 amide bonds. The van der Waals surface area contributed by atoms with Crippen molar-refractivity contribution < 1.29 is 9.53 Å². The normalized spacial score (nSPS) is 14.5. The number of thiophene rings is 2. The van der Waals surface area contributed by atoms with Gasteiger partial charge in [-0.25, -0.2) is 0 Å². The van der Waals surface area contributed by atoms with Gasteiger partial charge in [0, 0.05) is 61.0 Å². The number of hydrogen-bond donors (Lipinski definition) is 0. The van der Waals surface area contributed by atoms with Gasteiger partial charge in [0.05, 0.1) is 0 Å². The van der Waals surface area contributed by atoms with Crippen molar-refractivity contribution in [2.24, 2.45) is 0 Å². The van der Waals surface area contributed by atoms with Crippen LogP contribution in [0.5, 0.6) is 5.06 Å². The van der Waals surface area contributed by atoms with E-state index in [1.54, 1.807) is 18.3 Å². The van der Waals surface area contributed by atoms with Gasteiger partial charge in [-0.2, -0.15) is 5.26 Å². The molecule has 0 saturated carbocycles. The molecule has 154 valence electrons. The molecule has 0 N–H and O–H groups in total. The molecule has 3 aromatic rings. The first kappa shape index (κ1) is 20.6. The largest absolute Gasteiger partial charge is 0.478 e. The summed E-state index contributed by atoms with van der Waals surface area (Å²) < 4.78 is 6.00. The van der Waals surface area contributed by atoms with Crippen LogP contribution in [0.3, 0.4) is 0 Å². The Balaban J connectivity index is 1.35. The summed E-state index contributed by atoms with van der Waals surface area (Å²) in [6.07, 6.45) is 0. The van der Waals surface area contributed by atoms with E-state index in [0.717, 1.165) is 49.4 Å². The topological polar surface area (TPSA) is 56.6 Å². The summed E-state index contributed by atoms with van der Waals surface area (Å²) in [5.74, 6) is 0.158. The zero-order chi connectivity index (χ0) is 20.9. The predicted octanol–water partition coefficient (Wildman–Crippen LogP) is 4.59. The minimum absolute atomic E-state index is 0.158. The zero-order valence-electron chi connectivity index (χ0n) is 16.8. The molecule has 0 bridgehead atoms. The molecule has 7 heteroatoms. The molecule has 0 unspecified atom stereocenters. The van der Waals surface area contributed by atoms with Gasteiger partial charge in [-0.05, 0) is 17.0 Å². The fraction of sp³-hybridized carbons (Fsp3) is 0.304. The van der Waals surface area contributed by atoms with E-state index in [0.29, 0.717) is 17.2 Å². The molecular formula is C23H23N3O2S2. The average molecular weight is 438 g/mol. The van der Waals surface area contributed by atoms with Gasteiger partial charge in [0.1, 0.15) is 18.2 Å². The maximum atomic E-state index is 11.5. The highest BCUT2D eigenvalue weighted by molar-refractivity contribution is 7.12. The van der Waals surface area contributed by atoms with Gasteiger partial charge < -0.3 is 9.64 Å². The molecule has 1 aromatic carbocycles. The van der Waals surface area contributed by atoms with Crippen LogP contribution in [0.4, 0.5) is 0 Å². The summed E-state index contributed by atoms with van der Waals surface area (Å²) in [5.41, 5.74) is 3.68. The lowest BCUT2D eigenvalue weighted by molar-refractivity contribution is -0.130. The molecule has 0 spiro atoms. The van der Waals surface area contributed by atoms with Crippen LogP contribution in [-0.4, -0.2) is 41.9 Å². The van der Waals surface area contributed by atoms with E-state index in [2.05, 4.69) is 22.4 Å². The van der Waals surface area contributed by atoms with Gasteiger partial charge in [-0.15, -0.1) is 22.7 Å². The van der Waals surface area contributed by atoms with E-state index in [9.17, 15) is 10.1 Å². The van der Waals surface area contributed by atoms with Crippen LogP contribution in [0, 0.1) is 11.3 Å². The molecule has 1 fully saturated rings. The molecule has 1 aliphatic heterocycles. The van der Waals surface area contributed by atoms with E-state index in [4.69, 9.17) is 4.74 Å². The number of benzene rings is 1. The van der Waals surface area contributed by atoms with Crippen molar-refractivity contribution in [1.82, 2.24) is 9.80 Å². The SMILES string of the molecule is CC(=O)N1CCN(Cc2cc(COc3scc(-c4ccccc4)c3C#N)cs2)CC1. The Morgan fingerprint density at radius 2 is 1.90 bits per heavy atom. The van der Waals surface area contributed by atoms with Gasteiger partial charge in [-0.1, -0.05) is 30.3 Å². The fourth-order valence-corrected chi connectivity index (χ4v) is 5.35. The van der Waals surface area contributed by atoms with Crippen LogP contribution in [0.2, 0.25) is 0 Å². The smallest absolute Gasteiger partial charge is 0.219 e. The summed E-state index contributed by atoms with van der Waals surface area (Å²) in [6, 6.07) is 14.4. The van der Waals surface area contributed by atoms with E-state index in [-0.39, 0.29) is 5.91 Å². The second kappa shape index (κ2) is 9.43. The Bertz CT molecular complexity index is 1040. The lowest BCUT2D eigenvalue weighted by atomic mass is 10.1. The van der Waals surface area contributed by atoms with Crippen LogP contribution >= 0.6 is 22.7 Å². The van der Waals surface area contributed by atoms with Gasteiger partial charge in [0.15, 0.2) is 5.06 Å². The molecule has 0 aliphatic carbocycles. The molecule has 5 nitrogen and oxygen atoms in total. The average Bonchev–Trinajstić information content (AvgIpc) is 3.39. The highest BCUT2D eigenvalue weighted by Crippen LogP contribution is 2.37. The van der Waals surface area contributed by atoms with Gasteiger partial charge >= 0.3 is 0 Å². The molecule has 2 aromatic heterocycles. The predicted molar refractivity (Wildman–Crippen MR) is 121 cm³/mol. The van der Waals surface area contributed by atoms with Gasteiger partial charge in [0.2, 0.25) is 5.91 Å². The summed E-state index contributed by atoms with van der Waals surface area (Å²) in [4.78, 5) is 17.0. The highest BCUT2D eigenvalue weighted by atomic mass is 32.1. The fourth-order valence-electron chi connectivity index (χ4n) is 3.56. The van der Waals surface area contributed by atoms with Gasteiger partial charge in [-0.3, -0.25) is 9.69 Å². The number of amides is 1. The third-order valence-corrected chi connectivity index (χ3v) is 7.09. The summed E-state index contributed by atoms with van der Waals surface area (Å²) in [5, 5.41) is 14.4. The highest BCUT2D eigenvalue weighted by Gasteiger charge is 2.19. The minimum atomic E-state index is 0.158. The second-order valence-electron chi connectivity index (χ2n) is 7.28. The van der Waals surface area contributed by atoms with Crippen LogP contribution in [0.15, 0.2) is 47.2 Å². The van der Waals surface area contributed by atoms with E-state index < -0.39 is 0 Å². The van der Waals surface area contributed by atoms with E-state index in [1.165, 1.54) is 16.2 Å². The minimum Gasteiger partial charge on any atom is -0.478 e. The number of nitriles is 1. The molecular weight excluding hydrogens is 414 g/mol. The number of carbonyl (C=O) groups excluding carboxylic acids is 1. The first-order chi connectivity index (χ1) is 14.6.